The standard InChI is InChI=1S/C17H27N3O2/c1-5-10-20(17(22)14(3)11-18-4)12-16(21)19-15-9-7-6-8-13(15)2/h6-9,14,18H,5,10-12H2,1-4H3,(H,19,21). The van der Waals surface area contributed by atoms with E-state index in [0.717, 1.165) is 17.7 Å². The number of anilines is 1. The Balaban J connectivity index is 2.68. The molecule has 1 rings (SSSR count). The molecule has 0 aliphatic carbocycles. The van der Waals surface area contributed by atoms with Crippen molar-refractivity contribution in [1.82, 2.24) is 10.2 Å². The Morgan fingerprint density at radius 1 is 1.27 bits per heavy atom. The van der Waals surface area contributed by atoms with Crippen molar-refractivity contribution in [3.05, 3.63) is 29.8 Å². The number of amides is 2. The number of aryl methyl sites for hydroxylation is 1. The number of carbonyl (C=O) groups excluding carboxylic acids is 2. The maximum atomic E-state index is 12.4. The molecule has 122 valence electrons. The van der Waals surface area contributed by atoms with Crippen LogP contribution in [0.2, 0.25) is 0 Å². The number of benzene rings is 1. The van der Waals surface area contributed by atoms with Gasteiger partial charge in [0.25, 0.3) is 0 Å². The number of hydrogen-bond donors (Lipinski definition) is 2. The van der Waals surface area contributed by atoms with E-state index >= 15 is 0 Å². The average molecular weight is 305 g/mol. The SMILES string of the molecule is CCCN(CC(=O)Nc1ccccc1C)C(=O)C(C)CNC. The minimum absolute atomic E-state index is 0.0103. The van der Waals surface area contributed by atoms with Gasteiger partial charge >= 0.3 is 0 Å². The lowest BCUT2D eigenvalue weighted by Gasteiger charge is -2.25. The van der Waals surface area contributed by atoms with E-state index in [1.165, 1.54) is 0 Å². The highest BCUT2D eigenvalue weighted by atomic mass is 16.2. The molecule has 0 heterocycles. The zero-order valence-corrected chi connectivity index (χ0v) is 14.0. The molecule has 5 heteroatoms. The van der Waals surface area contributed by atoms with Crippen LogP contribution in [0, 0.1) is 12.8 Å². The van der Waals surface area contributed by atoms with Crippen molar-refractivity contribution in [3.63, 3.8) is 0 Å². The van der Waals surface area contributed by atoms with E-state index in [1.54, 1.807) is 4.90 Å². The molecule has 0 aromatic heterocycles. The molecule has 2 amide bonds. The van der Waals surface area contributed by atoms with Gasteiger partial charge in [0.2, 0.25) is 11.8 Å². The van der Waals surface area contributed by atoms with Gasteiger partial charge in [-0.3, -0.25) is 9.59 Å². The Hall–Kier alpha value is -1.88. The van der Waals surface area contributed by atoms with E-state index in [9.17, 15) is 9.59 Å². The minimum Gasteiger partial charge on any atom is -0.333 e. The summed E-state index contributed by atoms with van der Waals surface area (Å²) in [6.45, 7) is 7.12. The van der Waals surface area contributed by atoms with Crippen molar-refractivity contribution in [2.45, 2.75) is 27.2 Å². The lowest BCUT2D eigenvalue weighted by atomic mass is 10.1. The Bertz CT molecular complexity index is 502. The van der Waals surface area contributed by atoms with Gasteiger partial charge in [0.15, 0.2) is 0 Å². The van der Waals surface area contributed by atoms with Crippen LogP contribution in [0.4, 0.5) is 5.69 Å². The molecular weight excluding hydrogens is 278 g/mol. The van der Waals surface area contributed by atoms with Crippen LogP contribution in [0.25, 0.3) is 0 Å². The molecule has 0 aliphatic heterocycles. The largest absolute Gasteiger partial charge is 0.333 e. The van der Waals surface area contributed by atoms with E-state index in [0.29, 0.717) is 13.1 Å². The fourth-order valence-corrected chi connectivity index (χ4v) is 2.32. The highest BCUT2D eigenvalue weighted by Gasteiger charge is 2.21. The van der Waals surface area contributed by atoms with Gasteiger partial charge < -0.3 is 15.5 Å². The smallest absolute Gasteiger partial charge is 0.244 e. The predicted octanol–water partition coefficient (Wildman–Crippen LogP) is 2.03. The van der Waals surface area contributed by atoms with E-state index < -0.39 is 0 Å². The lowest BCUT2D eigenvalue weighted by Crippen LogP contribution is -2.43. The van der Waals surface area contributed by atoms with E-state index in [2.05, 4.69) is 10.6 Å². The lowest BCUT2D eigenvalue weighted by molar-refractivity contribution is -0.137. The van der Waals surface area contributed by atoms with Crippen LogP contribution in [0.5, 0.6) is 0 Å². The molecular formula is C17H27N3O2. The van der Waals surface area contributed by atoms with E-state index in [-0.39, 0.29) is 24.3 Å². The molecule has 2 N–H and O–H groups in total. The van der Waals surface area contributed by atoms with Crippen LogP contribution in [0.15, 0.2) is 24.3 Å². The van der Waals surface area contributed by atoms with Gasteiger partial charge in [-0.2, -0.15) is 0 Å². The van der Waals surface area contributed by atoms with Crippen molar-refractivity contribution in [3.8, 4) is 0 Å². The van der Waals surface area contributed by atoms with Crippen LogP contribution in [-0.4, -0.2) is 43.4 Å². The van der Waals surface area contributed by atoms with E-state index in [4.69, 9.17) is 0 Å². The molecule has 0 saturated heterocycles. The summed E-state index contributed by atoms with van der Waals surface area (Å²) >= 11 is 0. The van der Waals surface area contributed by atoms with Crippen molar-refractivity contribution < 1.29 is 9.59 Å². The Kier molecular flexibility index (Phi) is 7.60. The van der Waals surface area contributed by atoms with Gasteiger partial charge in [0.1, 0.15) is 0 Å². The molecule has 1 aromatic carbocycles. The summed E-state index contributed by atoms with van der Waals surface area (Å²) in [7, 11) is 1.82. The molecule has 0 fully saturated rings. The molecule has 0 bridgehead atoms. The first-order valence-corrected chi connectivity index (χ1v) is 7.78. The summed E-state index contributed by atoms with van der Waals surface area (Å²) in [6, 6.07) is 7.62. The Labute approximate surface area is 133 Å². The first kappa shape index (κ1) is 18.2. The second kappa shape index (κ2) is 9.20. The third-order valence-electron chi connectivity index (χ3n) is 3.49. The summed E-state index contributed by atoms with van der Waals surface area (Å²) in [5.74, 6) is -0.285. The highest BCUT2D eigenvalue weighted by molar-refractivity contribution is 5.95. The predicted molar refractivity (Wildman–Crippen MR) is 89.8 cm³/mol. The molecule has 0 aliphatic rings. The van der Waals surface area contributed by atoms with Gasteiger partial charge in [0.05, 0.1) is 6.54 Å². The highest BCUT2D eigenvalue weighted by Crippen LogP contribution is 2.13. The summed E-state index contributed by atoms with van der Waals surface area (Å²) in [6.07, 6.45) is 0.829. The first-order chi connectivity index (χ1) is 10.5. The number of nitrogens with one attached hydrogen (secondary N) is 2. The second-order valence-electron chi connectivity index (χ2n) is 5.58. The van der Waals surface area contributed by atoms with Gasteiger partial charge in [-0.1, -0.05) is 32.0 Å². The third kappa shape index (κ3) is 5.48. The molecule has 22 heavy (non-hydrogen) atoms. The normalized spacial score (nSPS) is 11.8. The zero-order chi connectivity index (χ0) is 16.5. The number of nitrogens with zero attached hydrogens (tertiary/aromatic N) is 1. The van der Waals surface area contributed by atoms with Crippen LogP contribution < -0.4 is 10.6 Å². The third-order valence-corrected chi connectivity index (χ3v) is 3.49. The summed E-state index contributed by atoms with van der Waals surface area (Å²) in [5, 5.41) is 5.87. The maximum Gasteiger partial charge on any atom is 0.244 e. The molecule has 0 saturated carbocycles. The summed E-state index contributed by atoms with van der Waals surface area (Å²) in [4.78, 5) is 26.2. The average Bonchev–Trinajstić information content (AvgIpc) is 2.48. The molecule has 0 radical (unpaired) electrons. The van der Waals surface area contributed by atoms with Crippen molar-refractivity contribution in [2.75, 3.05) is 32.0 Å². The van der Waals surface area contributed by atoms with Crippen LogP contribution in [0.1, 0.15) is 25.8 Å². The quantitative estimate of drug-likeness (QED) is 0.772. The maximum absolute atomic E-state index is 12.4. The molecule has 1 aromatic rings. The number of rotatable bonds is 8. The molecule has 1 atom stereocenters. The van der Waals surface area contributed by atoms with Crippen LogP contribution in [-0.2, 0) is 9.59 Å². The first-order valence-electron chi connectivity index (χ1n) is 7.78. The number of para-hydroxylation sites is 1. The molecule has 1 unspecified atom stereocenters. The fraction of sp³-hybridized carbons (Fsp3) is 0.529. The summed E-state index contributed by atoms with van der Waals surface area (Å²) < 4.78 is 0. The Morgan fingerprint density at radius 2 is 1.95 bits per heavy atom. The van der Waals surface area contributed by atoms with E-state index in [1.807, 2.05) is 52.1 Å². The fourth-order valence-electron chi connectivity index (χ4n) is 2.32. The van der Waals surface area contributed by atoms with Gasteiger partial charge in [-0.25, -0.2) is 0 Å². The Morgan fingerprint density at radius 3 is 2.55 bits per heavy atom. The van der Waals surface area contributed by atoms with Crippen LogP contribution in [0.3, 0.4) is 0 Å². The number of hydrogen-bond acceptors (Lipinski definition) is 3. The summed E-state index contributed by atoms with van der Waals surface area (Å²) in [5.41, 5.74) is 1.80. The van der Waals surface area contributed by atoms with Crippen molar-refractivity contribution in [1.29, 1.82) is 0 Å². The topological polar surface area (TPSA) is 61.4 Å². The number of carbonyl (C=O) groups is 2. The second-order valence-corrected chi connectivity index (χ2v) is 5.58. The monoisotopic (exact) mass is 305 g/mol. The minimum atomic E-state index is -0.159. The zero-order valence-electron chi connectivity index (χ0n) is 14.0. The molecule has 0 spiro atoms. The van der Waals surface area contributed by atoms with Gasteiger partial charge in [-0.05, 0) is 32.0 Å². The van der Waals surface area contributed by atoms with Crippen LogP contribution >= 0.6 is 0 Å². The van der Waals surface area contributed by atoms with Crippen molar-refractivity contribution >= 4 is 17.5 Å². The van der Waals surface area contributed by atoms with Crippen molar-refractivity contribution in [2.24, 2.45) is 5.92 Å². The molecule has 5 nitrogen and oxygen atoms in total. The van der Waals surface area contributed by atoms with Gasteiger partial charge in [0, 0.05) is 24.7 Å². The van der Waals surface area contributed by atoms with Gasteiger partial charge in [-0.15, -0.1) is 0 Å².